The van der Waals surface area contributed by atoms with Crippen LogP contribution in [0.3, 0.4) is 0 Å². The van der Waals surface area contributed by atoms with Gasteiger partial charge >= 0.3 is 6.03 Å². The molecule has 0 spiro atoms. The fraction of sp³-hybridized carbons (Fsp3) is 0.500. The van der Waals surface area contributed by atoms with E-state index in [1.165, 1.54) is 5.56 Å². The van der Waals surface area contributed by atoms with Gasteiger partial charge in [-0.3, -0.25) is 0 Å². The van der Waals surface area contributed by atoms with Crippen LogP contribution in [0.2, 0.25) is 0 Å². The molecule has 2 N–H and O–H groups in total. The second-order valence-corrected chi connectivity index (χ2v) is 4.88. The molecule has 1 fully saturated rings. The molecule has 4 nitrogen and oxygen atoms in total. The topological polar surface area (TPSA) is 52.6 Å². The molecule has 0 aromatic heterocycles. The minimum Gasteiger partial charge on any atom is -0.395 e. The van der Waals surface area contributed by atoms with E-state index in [9.17, 15) is 4.79 Å². The van der Waals surface area contributed by atoms with E-state index in [4.69, 9.17) is 5.11 Å². The van der Waals surface area contributed by atoms with Crippen LogP contribution >= 0.6 is 0 Å². The monoisotopic (exact) mass is 248 g/mol. The summed E-state index contributed by atoms with van der Waals surface area (Å²) in [6, 6.07) is 6.07. The molecule has 1 aromatic carbocycles. The van der Waals surface area contributed by atoms with E-state index in [0.29, 0.717) is 12.6 Å². The Labute approximate surface area is 108 Å². The van der Waals surface area contributed by atoms with Crippen molar-refractivity contribution in [3.05, 3.63) is 29.3 Å². The Kier molecular flexibility index (Phi) is 3.87. The van der Waals surface area contributed by atoms with Crippen molar-refractivity contribution in [2.75, 3.05) is 18.5 Å². The van der Waals surface area contributed by atoms with Crippen molar-refractivity contribution >= 4 is 11.7 Å². The first-order valence-electron chi connectivity index (χ1n) is 6.37. The van der Waals surface area contributed by atoms with Crippen LogP contribution in [-0.2, 0) is 0 Å². The number of aliphatic hydroxyl groups excluding tert-OH is 1. The molecule has 1 aliphatic rings. The Balaban J connectivity index is 2.02. The van der Waals surface area contributed by atoms with Gasteiger partial charge in [0.25, 0.3) is 0 Å². The van der Waals surface area contributed by atoms with Crippen LogP contribution in [0.4, 0.5) is 10.5 Å². The summed E-state index contributed by atoms with van der Waals surface area (Å²) < 4.78 is 0. The second-order valence-electron chi connectivity index (χ2n) is 4.88. The smallest absolute Gasteiger partial charge is 0.322 e. The highest BCUT2D eigenvalue weighted by atomic mass is 16.3. The lowest BCUT2D eigenvalue weighted by Crippen LogP contribution is -2.38. The fourth-order valence-corrected chi connectivity index (χ4v) is 1.96. The maximum Gasteiger partial charge on any atom is 0.322 e. The number of carbonyl (C=O) groups excluding carboxylic acids is 1. The highest BCUT2D eigenvalue weighted by molar-refractivity contribution is 5.89. The molecule has 2 rings (SSSR count). The molecule has 0 heterocycles. The Morgan fingerprint density at radius 2 is 2.11 bits per heavy atom. The van der Waals surface area contributed by atoms with Gasteiger partial charge in [-0.25, -0.2) is 4.79 Å². The van der Waals surface area contributed by atoms with Gasteiger partial charge < -0.3 is 15.3 Å². The predicted octanol–water partition coefficient (Wildman–Crippen LogP) is 2.29. The lowest BCUT2D eigenvalue weighted by Gasteiger charge is -2.22. The summed E-state index contributed by atoms with van der Waals surface area (Å²) in [7, 11) is 0. The van der Waals surface area contributed by atoms with E-state index in [1.54, 1.807) is 4.90 Å². The molecule has 1 aromatic rings. The van der Waals surface area contributed by atoms with Crippen molar-refractivity contribution in [1.82, 2.24) is 4.90 Å². The van der Waals surface area contributed by atoms with E-state index in [2.05, 4.69) is 5.32 Å². The molecule has 0 aliphatic heterocycles. The molecule has 0 unspecified atom stereocenters. The van der Waals surface area contributed by atoms with Crippen LogP contribution in [0, 0.1) is 13.8 Å². The lowest BCUT2D eigenvalue weighted by molar-refractivity contribution is 0.185. The quantitative estimate of drug-likeness (QED) is 0.859. The number of hydrogen-bond acceptors (Lipinski definition) is 2. The van der Waals surface area contributed by atoms with Crippen molar-refractivity contribution in [1.29, 1.82) is 0 Å². The molecule has 1 aliphatic carbocycles. The average Bonchev–Trinajstić information content (AvgIpc) is 3.15. The van der Waals surface area contributed by atoms with Crippen LogP contribution in [0.25, 0.3) is 0 Å². The van der Waals surface area contributed by atoms with Crippen molar-refractivity contribution in [3.8, 4) is 0 Å². The van der Waals surface area contributed by atoms with Gasteiger partial charge in [0.15, 0.2) is 0 Å². The van der Waals surface area contributed by atoms with Crippen molar-refractivity contribution in [2.24, 2.45) is 0 Å². The highest BCUT2D eigenvalue weighted by Crippen LogP contribution is 2.27. The fourth-order valence-electron chi connectivity index (χ4n) is 1.96. The van der Waals surface area contributed by atoms with E-state index in [-0.39, 0.29) is 12.6 Å². The van der Waals surface area contributed by atoms with Crippen LogP contribution in [-0.4, -0.2) is 35.2 Å². The number of nitrogens with one attached hydrogen (secondary N) is 1. The van der Waals surface area contributed by atoms with Gasteiger partial charge in [0.2, 0.25) is 0 Å². The molecule has 1 saturated carbocycles. The molecule has 0 radical (unpaired) electrons. The summed E-state index contributed by atoms with van der Waals surface area (Å²) in [4.78, 5) is 13.8. The molecule has 18 heavy (non-hydrogen) atoms. The number of carbonyl (C=O) groups is 1. The van der Waals surface area contributed by atoms with Crippen molar-refractivity contribution in [3.63, 3.8) is 0 Å². The maximum atomic E-state index is 12.1. The lowest BCUT2D eigenvalue weighted by atomic mass is 10.1. The van der Waals surface area contributed by atoms with Gasteiger partial charge in [0.05, 0.1) is 6.61 Å². The van der Waals surface area contributed by atoms with Gasteiger partial charge in [0.1, 0.15) is 0 Å². The Hall–Kier alpha value is -1.55. The molecule has 98 valence electrons. The first kappa shape index (κ1) is 12.9. The minimum absolute atomic E-state index is 0.0108. The van der Waals surface area contributed by atoms with Crippen molar-refractivity contribution in [2.45, 2.75) is 32.7 Å². The van der Waals surface area contributed by atoms with Gasteiger partial charge in [-0.05, 0) is 49.9 Å². The van der Waals surface area contributed by atoms with Crippen molar-refractivity contribution < 1.29 is 9.90 Å². The zero-order chi connectivity index (χ0) is 13.1. The third-order valence-electron chi connectivity index (χ3n) is 3.35. The first-order valence-corrected chi connectivity index (χ1v) is 6.37. The standard InChI is InChI=1S/C14H20N2O2/c1-10-3-4-12(9-11(10)2)15-14(18)16(7-8-17)13-5-6-13/h3-4,9,13,17H,5-8H2,1-2H3,(H,15,18). The van der Waals surface area contributed by atoms with Crippen LogP contribution in [0.1, 0.15) is 24.0 Å². The van der Waals surface area contributed by atoms with Gasteiger partial charge in [-0.2, -0.15) is 0 Å². The second kappa shape index (κ2) is 5.40. The van der Waals surface area contributed by atoms with E-state index in [1.807, 2.05) is 32.0 Å². The number of aryl methyl sites for hydroxylation is 2. The molecule has 2 amide bonds. The number of benzene rings is 1. The highest BCUT2D eigenvalue weighted by Gasteiger charge is 2.32. The predicted molar refractivity (Wildman–Crippen MR) is 71.7 cm³/mol. The van der Waals surface area contributed by atoms with E-state index in [0.717, 1.165) is 24.1 Å². The molecule has 4 heteroatoms. The van der Waals surface area contributed by atoms with Gasteiger partial charge in [0, 0.05) is 18.3 Å². The van der Waals surface area contributed by atoms with Crippen LogP contribution < -0.4 is 5.32 Å². The molecule has 0 atom stereocenters. The summed E-state index contributed by atoms with van der Waals surface area (Å²) in [5, 5.41) is 11.9. The summed E-state index contributed by atoms with van der Waals surface area (Å²) in [6.07, 6.45) is 2.08. The van der Waals surface area contributed by atoms with E-state index >= 15 is 0 Å². The number of rotatable bonds is 4. The number of aliphatic hydroxyl groups is 1. The zero-order valence-electron chi connectivity index (χ0n) is 10.9. The minimum atomic E-state index is -0.116. The molecule has 0 bridgehead atoms. The molecule has 0 saturated heterocycles. The average molecular weight is 248 g/mol. The zero-order valence-corrected chi connectivity index (χ0v) is 10.9. The first-order chi connectivity index (χ1) is 8.61. The summed E-state index contributed by atoms with van der Waals surface area (Å²) in [5.74, 6) is 0. The van der Waals surface area contributed by atoms with Gasteiger partial charge in [-0.15, -0.1) is 0 Å². The largest absolute Gasteiger partial charge is 0.395 e. The normalized spacial score (nSPS) is 14.4. The molecular weight excluding hydrogens is 228 g/mol. The van der Waals surface area contributed by atoms with E-state index < -0.39 is 0 Å². The summed E-state index contributed by atoms with van der Waals surface area (Å²) in [5.41, 5.74) is 3.18. The molecular formula is C14H20N2O2. The SMILES string of the molecule is Cc1ccc(NC(=O)N(CCO)C2CC2)cc1C. The number of nitrogens with zero attached hydrogens (tertiary/aromatic N) is 1. The number of amides is 2. The number of anilines is 1. The number of hydrogen-bond donors (Lipinski definition) is 2. The third-order valence-corrected chi connectivity index (χ3v) is 3.35. The summed E-state index contributed by atoms with van der Waals surface area (Å²) >= 11 is 0. The van der Waals surface area contributed by atoms with Crippen LogP contribution in [0.15, 0.2) is 18.2 Å². The number of urea groups is 1. The summed E-state index contributed by atoms with van der Waals surface area (Å²) in [6.45, 7) is 4.48. The van der Waals surface area contributed by atoms with Crippen LogP contribution in [0.5, 0.6) is 0 Å². The Morgan fingerprint density at radius 1 is 1.39 bits per heavy atom. The maximum absolute atomic E-state index is 12.1. The third kappa shape index (κ3) is 3.01. The Morgan fingerprint density at radius 3 is 2.67 bits per heavy atom. The Bertz CT molecular complexity index is 441. The van der Waals surface area contributed by atoms with Gasteiger partial charge in [-0.1, -0.05) is 6.07 Å².